The number of nitriles is 1. The van der Waals surface area contributed by atoms with Gasteiger partial charge in [-0.1, -0.05) is 13.3 Å². The summed E-state index contributed by atoms with van der Waals surface area (Å²) in [6.45, 7) is 2.84. The molecule has 0 spiro atoms. The van der Waals surface area contributed by atoms with Crippen molar-refractivity contribution in [3.8, 4) is 6.07 Å². The van der Waals surface area contributed by atoms with E-state index in [-0.39, 0.29) is 11.6 Å². The van der Waals surface area contributed by atoms with Crippen molar-refractivity contribution >= 4 is 23.4 Å². The number of carbonyl (C=O) groups excluding carboxylic acids is 1. The zero-order chi connectivity index (χ0) is 20.8. The van der Waals surface area contributed by atoms with Gasteiger partial charge in [-0.15, -0.1) is 0 Å². The number of aliphatic hydroxyl groups is 1. The Morgan fingerprint density at radius 2 is 2.24 bits per heavy atom. The number of carbonyl (C=O) groups is 1. The number of halogens is 1. The molecular weight excluding hydrogens is 375 g/mol. The molecule has 1 aromatic heterocycles. The number of hydrogen-bond acceptors (Lipinski definition) is 7. The monoisotopic (exact) mass is 398 g/mol. The molecule has 2 heterocycles. The topological polar surface area (TPSA) is 114 Å². The highest BCUT2D eigenvalue weighted by Gasteiger charge is 2.25. The minimum absolute atomic E-state index is 0.0501. The third kappa shape index (κ3) is 5.18. The molecular formula is C20H23FN6O2. The third-order valence-corrected chi connectivity index (χ3v) is 4.64. The van der Waals surface area contributed by atoms with Crippen molar-refractivity contribution in [1.82, 2.24) is 15.3 Å². The lowest BCUT2D eigenvalue weighted by atomic mass is 10.2. The normalized spacial score (nSPS) is 15.8. The van der Waals surface area contributed by atoms with E-state index >= 15 is 0 Å². The van der Waals surface area contributed by atoms with E-state index in [0.29, 0.717) is 24.7 Å². The minimum Gasteiger partial charge on any atom is -0.387 e. The Labute approximate surface area is 168 Å². The van der Waals surface area contributed by atoms with Crippen molar-refractivity contribution in [3.63, 3.8) is 0 Å². The second-order valence-electron chi connectivity index (χ2n) is 6.88. The van der Waals surface area contributed by atoms with Gasteiger partial charge in [0.15, 0.2) is 0 Å². The van der Waals surface area contributed by atoms with Crippen LogP contribution in [0.3, 0.4) is 0 Å². The summed E-state index contributed by atoms with van der Waals surface area (Å²) in [5.74, 6) is 0.129. The van der Waals surface area contributed by atoms with E-state index in [9.17, 15) is 9.18 Å². The molecule has 1 aromatic carbocycles. The molecule has 0 aliphatic carbocycles. The summed E-state index contributed by atoms with van der Waals surface area (Å²) < 4.78 is 13.6. The van der Waals surface area contributed by atoms with Gasteiger partial charge in [-0.25, -0.2) is 9.37 Å². The van der Waals surface area contributed by atoms with Gasteiger partial charge in [0, 0.05) is 36.6 Å². The van der Waals surface area contributed by atoms with E-state index in [4.69, 9.17) is 10.4 Å². The summed E-state index contributed by atoms with van der Waals surface area (Å²) >= 11 is 0. The van der Waals surface area contributed by atoms with Crippen LogP contribution in [-0.2, 0) is 11.2 Å². The summed E-state index contributed by atoms with van der Waals surface area (Å²) in [7, 11) is 0. The number of anilines is 3. The number of nitrogens with zero attached hydrogens (tertiary/aromatic N) is 4. The van der Waals surface area contributed by atoms with Crippen molar-refractivity contribution < 1.29 is 14.3 Å². The summed E-state index contributed by atoms with van der Waals surface area (Å²) in [5.41, 5.74) is 1.34. The lowest BCUT2D eigenvalue weighted by molar-refractivity contribution is -0.124. The van der Waals surface area contributed by atoms with Crippen LogP contribution < -0.4 is 15.5 Å². The molecule has 0 radical (unpaired) electrons. The minimum atomic E-state index is -0.576. The van der Waals surface area contributed by atoms with E-state index in [1.807, 2.05) is 12.1 Å². The molecule has 0 saturated carbocycles. The number of nitrogens with one attached hydrogen (secondary N) is 2. The standard InChI is InChI=1S/C20H23FN6O2/c1-2-3-14-9-18(27-7-6-16(11-27)23-19(29)12-28)26-20(24-14)25-15-4-5-17(21)13(8-15)10-22/h4-5,8-9,16,28H,2-3,6-7,11-12H2,1H3,(H,23,29)(H,24,25,26)/t16-/m0/s1. The third-order valence-electron chi connectivity index (χ3n) is 4.64. The maximum Gasteiger partial charge on any atom is 0.245 e. The number of aliphatic hydroxyl groups excluding tert-OH is 1. The Kier molecular flexibility index (Phi) is 6.57. The molecule has 0 bridgehead atoms. The summed E-state index contributed by atoms with van der Waals surface area (Å²) in [5, 5.41) is 23.8. The van der Waals surface area contributed by atoms with Gasteiger partial charge in [-0.2, -0.15) is 10.2 Å². The van der Waals surface area contributed by atoms with Crippen molar-refractivity contribution in [2.45, 2.75) is 32.2 Å². The van der Waals surface area contributed by atoms with E-state index in [2.05, 4.69) is 32.4 Å². The van der Waals surface area contributed by atoms with E-state index < -0.39 is 18.3 Å². The van der Waals surface area contributed by atoms with Crippen molar-refractivity contribution in [1.29, 1.82) is 5.26 Å². The highest BCUT2D eigenvalue weighted by atomic mass is 19.1. The molecule has 0 unspecified atom stereocenters. The molecule has 1 fully saturated rings. The van der Waals surface area contributed by atoms with Gasteiger partial charge in [0.05, 0.1) is 5.56 Å². The van der Waals surface area contributed by atoms with E-state index in [0.717, 1.165) is 30.8 Å². The first-order chi connectivity index (χ1) is 14.0. The first-order valence-corrected chi connectivity index (χ1v) is 9.52. The fraction of sp³-hybridized carbons (Fsp3) is 0.400. The van der Waals surface area contributed by atoms with E-state index in [1.54, 1.807) is 0 Å². The lowest BCUT2D eigenvalue weighted by Gasteiger charge is -2.19. The number of amides is 1. The quantitative estimate of drug-likeness (QED) is 0.652. The van der Waals surface area contributed by atoms with Crippen molar-refractivity contribution in [2.24, 2.45) is 0 Å². The van der Waals surface area contributed by atoms with Crippen LogP contribution in [0.5, 0.6) is 0 Å². The molecule has 3 N–H and O–H groups in total. The number of aromatic nitrogens is 2. The highest BCUT2D eigenvalue weighted by molar-refractivity contribution is 5.77. The van der Waals surface area contributed by atoms with Gasteiger partial charge >= 0.3 is 0 Å². The molecule has 3 rings (SSSR count). The van der Waals surface area contributed by atoms with Gasteiger partial charge in [-0.05, 0) is 31.0 Å². The zero-order valence-corrected chi connectivity index (χ0v) is 16.2. The van der Waals surface area contributed by atoms with Crippen LogP contribution in [0.25, 0.3) is 0 Å². The van der Waals surface area contributed by atoms with Gasteiger partial charge in [0.1, 0.15) is 24.3 Å². The summed E-state index contributed by atoms with van der Waals surface area (Å²) in [6.07, 6.45) is 2.45. The van der Waals surface area contributed by atoms with Crippen LogP contribution in [-0.4, -0.2) is 46.7 Å². The van der Waals surface area contributed by atoms with E-state index in [1.165, 1.54) is 18.2 Å². The average molecular weight is 398 g/mol. The Morgan fingerprint density at radius 3 is 2.97 bits per heavy atom. The van der Waals surface area contributed by atoms with Crippen LogP contribution in [0.4, 0.5) is 21.8 Å². The predicted molar refractivity (Wildman–Crippen MR) is 106 cm³/mol. The molecule has 1 atom stereocenters. The first-order valence-electron chi connectivity index (χ1n) is 9.52. The van der Waals surface area contributed by atoms with Gasteiger partial charge in [-0.3, -0.25) is 4.79 Å². The molecule has 1 aliphatic heterocycles. The smallest absolute Gasteiger partial charge is 0.245 e. The van der Waals surface area contributed by atoms with Gasteiger partial charge in [0.25, 0.3) is 0 Å². The van der Waals surface area contributed by atoms with Crippen molar-refractivity contribution in [2.75, 3.05) is 29.9 Å². The number of hydrogen-bond donors (Lipinski definition) is 3. The number of rotatable bonds is 7. The second kappa shape index (κ2) is 9.30. The molecule has 29 heavy (non-hydrogen) atoms. The summed E-state index contributed by atoms with van der Waals surface area (Å²) in [6, 6.07) is 7.87. The molecule has 1 aliphatic rings. The SMILES string of the molecule is CCCc1cc(N2CC[C@H](NC(=O)CO)C2)nc(Nc2ccc(F)c(C#N)c2)n1. The first kappa shape index (κ1) is 20.5. The van der Waals surface area contributed by atoms with Gasteiger partial charge < -0.3 is 20.6 Å². The number of benzene rings is 1. The predicted octanol–water partition coefficient (Wildman–Crippen LogP) is 1.87. The second-order valence-corrected chi connectivity index (χ2v) is 6.88. The molecule has 1 amide bonds. The Morgan fingerprint density at radius 1 is 1.41 bits per heavy atom. The Balaban J connectivity index is 1.81. The molecule has 2 aromatic rings. The van der Waals surface area contributed by atoms with Crippen LogP contribution >= 0.6 is 0 Å². The summed E-state index contributed by atoms with van der Waals surface area (Å²) in [4.78, 5) is 22.6. The Bertz CT molecular complexity index is 930. The van der Waals surface area contributed by atoms with Crippen LogP contribution in [0.15, 0.2) is 24.3 Å². The Hall–Kier alpha value is -3.25. The van der Waals surface area contributed by atoms with Crippen molar-refractivity contribution in [3.05, 3.63) is 41.3 Å². The van der Waals surface area contributed by atoms with Crippen LogP contribution in [0, 0.1) is 17.1 Å². The maximum absolute atomic E-state index is 13.6. The fourth-order valence-corrected chi connectivity index (χ4v) is 3.26. The highest BCUT2D eigenvalue weighted by Crippen LogP contribution is 2.23. The van der Waals surface area contributed by atoms with Crippen LogP contribution in [0.1, 0.15) is 31.0 Å². The fourth-order valence-electron chi connectivity index (χ4n) is 3.26. The maximum atomic E-state index is 13.6. The zero-order valence-electron chi connectivity index (χ0n) is 16.2. The largest absolute Gasteiger partial charge is 0.387 e. The molecule has 9 heteroatoms. The number of aryl methyl sites for hydroxylation is 1. The molecule has 1 saturated heterocycles. The lowest BCUT2D eigenvalue weighted by Crippen LogP contribution is -2.38. The average Bonchev–Trinajstić information content (AvgIpc) is 3.18. The molecule has 8 nitrogen and oxygen atoms in total. The van der Waals surface area contributed by atoms with Gasteiger partial charge in [0.2, 0.25) is 11.9 Å². The molecule has 152 valence electrons. The van der Waals surface area contributed by atoms with Crippen LogP contribution in [0.2, 0.25) is 0 Å².